The molecular formula is C20H24N6O. The number of aromatic amines is 1. The van der Waals surface area contributed by atoms with Crippen molar-refractivity contribution in [3.05, 3.63) is 64.5 Å². The third-order valence-electron chi connectivity index (χ3n) is 5.06. The zero-order valence-corrected chi connectivity index (χ0v) is 15.9. The molecule has 1 fully saturated rings. The molecule has 0 spiro atoms. The maximum absolute atomic E-state index is 13.0. The third kappa shape index (κ3) is 3.49. The number of likely N-dealkylation sites (tertiary alicyclic amines) is 1. The Morgan fingerprint density at radius 1 is 1.22 bits per heavy atom. The van der Waals surface area contributed by atoms with E-state index in [9.17, 15) is 4.79 Å². The summed E-state index contributed by atoms with van der Waals surface area (Å²) in [5.74, 6) is 1.52. The molecule has 1 aromatic carbocycles. The Labute approximate surface area is 158 Å². The van der Waals surface area contributed by atoms with Crippen LogP contribution < -0.4 is 0 Å². The van der Waals surface area contributed by atoms with E-state index in [0.717, 1.165) is 42.2 Å². The second-order valence-corrected chi connectivity index (χ2v) is 7.22. The molecule has 1 aliphatic rings. The number of aryl methyl sites for hydroxylation is 3. The molecule has 0 aliphatic carbocycles. The smallest absolute Gasteiger partial charge is 0.254 e. The number of nitrogens with one attached hydrogen (secondary N) is 1. The minimum Gasteiger partial charge on any atom is -0.328 e. The highest BCUT2D eigenvalue weighted by molar-refractivity contribution is 5.94. The molecule has 1 aliphatic heterocycles. The summed E-state index contributed by atoms with van der Waals surface area (Å²) in [5.41, 5.74) is 3.97. The van der Waals surface area contributed by atoms with Gasteiger partial charge in [0.2, 0.25) is 0 Å². The molecule has 0 saturated carbocycles. The summed E-state index contributed by atoms with van der Waals surface area (Å²) in [6, 6.07) is 9.84. The van der Waals surface area contributed by atoms with Gasteiger partial charge in [-0.3, -0.25) is 14.6 Å². The van der Waals surface area contributed by atoms with Crippen LogP contribution in [0.2, 0.25) is 0 Å². The standard InChI is InChI=1S/C20H24N6O/c1-13-11-14(2)26(24-13)12-16-6-8-17(9-7-16)20(27)25-10-4-5-18(25)19-21-15(3)22-23-19/h6-9,11,18H,4-5,10,12H2,1-3H3,(H,21,22,23)/t18-/m0/s1. The highest BCUT2D eigenvalue weighted by atomic mass is 16.2. The summed E-state index contributed by atoms with van der Waals surface area (Å²) in [6.45, 7) is 7.37. The Morgan fingerprint density at radius 3 is 2.63 bits per heavy atom. The largest absolute Gasteiger partial charge is 0.328 e. The van der Waals surface area contributed by atoms with Crippen LogP contribution >= 0.6 is 0 Å². The van der Waals surface area contributed by atoms with Gasteiger partial charge in [0.15, 0.2) is 5.82 Å². The number of carbonyl (C=O) groups is 1. The summed E-state index contributed by atoms with van der Waals surface area (Å²) < 4.78 is 1.98. The van der Waals surface area contributed by atoms with E-state index in [2.05, 4.69) is 33.3 Å². The van der Waals surface area contributed by atoms with E-state index in [-0.39, 0.29) is 11.9 Å². The molecule has 2 aromatic heterocycles. The fourth-order valence-corrected chi connectivity index (χ4v) is 3.71. The van der Waals surface area contributed by atoms with Gasteiger partial charge in [0.05, 0.1) is 18.3 Å². The first-order chi connectivity index (χ1) is 13.0. The van der Waals surface area contributed by atoms with Crippen LogP contribution in [0.3, 0.4) is 0 Å². The lowest BCUT2D eigenvalue weighted by molar-refractivity contribution is 0.0730. The van der Waals surface area contributed by atoms with Crippen LogP contribution in [0.1, 0.15) is 57.8 Å². The van der Waals surface area contributed by atoms with Crippen molar-refractivity contribution in [2.75, 3.05) is 6.54 Å². The first-order valence-corrected chi connectivity index (χ1v) is 9.31. The number of nitrogens with zero attached hydrogens (tertiary/aromatic N) is 5. The van der Waals surface area contributed by atoms with Crippen LogP contribution in [0, 0.1) is 20.8 Å². The van der Waals surface area contributed by atoms with Gasteiger partial charge in [-0.05, 0) is 57.4 Å². The maximum atomic E-state index is 13.0. The normalized spacial score (nSPS) is 16.9. The van der Waals surface area contributed by atoms with Crippen LogP contribution in [0.25, 0.3) is 0 Å². The predicted molar refractivity (Wildman–Crippen MR) is 101 cm³/mol. The highest BCUT2D eigenvalue weighted by Crippen LogP contribution is 2.31. The van der Waals surface area contributed by atoms with E-state index in [1.165, 1.54) is 0 Å². The number of hydrogen-bond donors (Lipinski definition) is 1. The number of H-pyrrole nitrogens is 1. The average molecular weight is 364 g/mol. The molecule has 7 nitrogen and oxygen atoms in total. The van der Waals surface area contributed by atoms with E-state index < -0.39 is 0 Å². The number of aromatic nitrogens is 5. The second kappa shape index (κ2) is 6.98. The fraction of sp³-hybridized carbons (Fsp3) is 0.400. The summed E-state index contributed by atoms with van der Waals surface area (Å²) >= 11 is 0. The van der Waals surface area contributed by atoms with Gasteiger partial charge in [-0.2, -0.15) is 10.2 Å². The van der Waals surface area contributed by atoms with Crippen molar-refractivity contribution in [1.29, 1.82) is 0 Å². The van der Waals surface area contributed by atoms with Gasteiger partial charge in [0.25, 0.3) is 5.91 Å². The van der Waals surface area contributed by atoms with Crippen LogP contribution in [0.5, 0.6) is 0 Å². The average Bonchev–Trinajstić information content (AvgIpc) is 3.35. The molecule has 0 radical (unpaired) electrons. The number of rotatable bonds is 4. The monoisotopic (exact) mass is 364 g/mol. The van der Waals surface area contributed by atoms with Crippen LogP contribution in [-0.2, 0) is 6.54 Å². The molecule has 3 heterocycles. The van der Waals surface area contributed by atoms with Crippen molar-refractivity contribution >= 4 is 5.91 Å². The first kappa shape index (κ1) is 17.5. The summed E-state index contributed by atoms with van der Waals surface area (Å²) in [5, 5.41) is 11.6. The minimum absolute atomic E-state index is 0.0395. The number of benzene rings is 1. The molecular weight excluding hydrogens is 340 g/mol. The molecule has 4 rings (SSSR count). The highest BCUT2D eigenvalue weighted by Gasteiger charge is 2.33. The van der Waals surface area contributed by atoms with Gasteiger partial charge in [-0.15, -0.1) is 0 Å². The lowest BCUT2D eigenvalue weighted by Gasteiger charge is -2.22. The summed E-state index contributed by atoms with van der Waals surface area (Å²) in [6.07, 6.45) is 1.87. The Morgan fingerprint density at radius 2 is 2.00 bits per heavy atom. The Balaban J connectivity index is 1.49. The van der Waals surface area contributed by atoms with Crippen molar-refractivity contribution in [2.45, 2.75) is 46.2 Å². The Bertz CT molecular complexity index is 955. The van der Waals surface area contributed by atoms with E-state index in [1.54, 1.807) is 0 Å². The van der Waals surface area contributed by atoms with E-state index >= 15 is 0 Å². The van der Waals surface area contributed by atoms with Crippen LogP contribution in [0.4, 0.5) is 0 Å². The van der Waals surface area contributed by atoms with E-state index in [0.29, 0.717) is 17.9 Å². The molecule has 7 heteroatoms. The van der Waals surface area contributed by atoms with Crippen LogP contribution in [0.15, 0.2) is 30.3 Å². The lowest BCUT2D eigenvalue weighted by Crippen LogP contribution is -2.31. The number of hydrogen-bond acceptors (Lipinski definition) is 4. The van der Waals surface area contributed by atoms with E-state index in [1.807, 2.05) is 47.7 Å². The molecule has 0 bridgehead atoms. The lowest BCUT2D eigenvalue weighted by atomic mass is 10.1. The van der Waals surface area contributed by atoms with Crippen molar-refractivity contribution in [1.82, 2.24) is 29.9 Å². The molecule has 1 amide bonds. The topological polar surface area (TPSA) is 79.7 Å². The molecule has 1 saturated heterocycles. The number of amides is 1. The van der Waals surface area contributed by atoms with Crippen molar-refractivity contribution < 1.29 is 4.79 Å². The summed E-state index contributed by atoms with van der Waals surface area (Å²) in [4.78, 5) is 19.3. The van der Waals surface area contributed by atoms with Gasteiger partial charge in [0, 0.05) is 17.8 Å². The van der Waals surface area contributed by atoms with Gasteiger partial charge < -0.3 is 4.90 Å². The molecule has 140 valence electrons. The van der Waals surface area contributed by atoms with Gasteiger partial charge in [-0.1, -0.05) is 12.1 Å². The third-order valence-corrected chi connectivity index (χ3v) is 5.06. The quantitative estimate of drug-likeness (QED) is 0.772. The van der Waals surface area contributed by atoms with Gasteiger partial charge in [0.1, 0.15) is 5.82 Å². The molecule has 1 N–H and O–H groups in total. The molecule has 0 unspecified atom stereocenters. The second-order valence-electron chi connectivity index (χ2n) is 7.22. The minimum atomic E-state index is -0.0446. The first-order valence-electron chi connectivity index (χ1n) is 9.31. The maximum Gasteiger partial charge on any atom is 0.254 e. The molecule has 27 heavy (non-hydrogen) atoms. The molecule has 1 atom stereocenters. The molecule has 3 aromatic rings. The fourth-order valence-electron chi connectivity index (χ4n) is 3.71. The SMILES string of the molecule is Cc1cc(C)n(Cc2ccc(C(=O)N3CCC[C@H]3c3n[nH]c(C)n3)cc2)n1. The Kier molecular flexibility index (Phi) is 4.51. The zero-order valence-electron chi connectivity index (χ0n) is 15.9. The van der Waals surface area contributed by atoms with Gasteiger partial charge in [-0.25, -0.2) is 4.98 Å². The van der Waals surface area contributed by atoms with Crippen molar-refractivity contribution in [3.63, 3.8) is 0 Å². The number of carbonyl (C=O) groups excluding carboxylic acids is 1. The van der Waals surface area contributed by atoms with E-state index in [4.69, 9.17) is 0 Å². The van der Waals surface area contributed by atoms with Gasteiger partial charge >= 0.3 is 0 Å². The predicted octanol–water partition coefficient (Wildman–Crippen LogP) is 2.95. The van der Waals surface area contributed by atoms with Crippen molar-refractivity contribution in [3.8, 4) is 0 Å². The van der Waals surface area contributed by atoms with Crippen molar-refractivity contribution in [2.24, 2.45) is 0 Å². The van der Waals surface area contributed by atoms with Crippen LogP contribution in [-0.4, -0.2) is 42.3 Å². The zero-order chi connectivity index (χ0) is 19.0. The Hall–Kier alpha value is -2.96. The summed E-state index contributed by atoms with van der Waals surface area (Å²) in [7, 11) is 0.